The van der Waals surface area contributed by atoms with Crippen molar-refractivity contribution in [2.45, 2.75) is 86.3 Å². The molecule has 1 N–H and O–H groups in total. The van der Waals surface area contributed by atoms with Crippen molar-refractivity contribution in [1.82, 2.24) is 15.1 Å². The van der Waals surface area contributed by atoms with Gasteiger partial charge in [0.15, 0.2) is 9.84 Å². The topological polar surface area (TPSA) is 166 Å². The molecular formula is C23H31N3O10S2. The van der Waals surface area contributed by atoms with Crippen LogP contribution < -0.4 is 5.32 Å². The standard InChI is InChI=1S/C23H31N3O10S2/c1-7-34-14(28)8-11(2)24-15-18(29)26-16(22(3,4)37-19(15)26)20(30)35-10-36-21(31)17-23(5,6)38(32,33)13-9-12(27)25(13)17/h8,13,15-17,19,24H,7,9-10H2,1-6H3/t13-,15-,16+,17+,19-/m1/s1. The van der Waals surface area contributed by atoms with Gasteiger partial charge in [-0.05, 0) is 41.5 Å². The maximum absolute atomic E-state index is 13.0. The summed E-state index contributed by atoms with van der Waals surface area (Å²) in [7, 11) is -3.78. The van der Waals surface area contributed by atoms with Crippen molar-refractivity contribution in [3.05, 3.63) is 11.8 Å². The van der Waals surface area contributed by atoms with Crippen LogP contribution in [-0.4, -0.2) is 99.7 Å². The zero-order valence-corrected chi connectivity index (χ0v) is 23.5. The maximum Gasteiger partial charge on any atom is 0.333 e. The molecule has 2 amide bonds. The highest BCUT2D eigenvalue weighted by molar-refractivity contribution is 8.01. The summed E-state index contributed by atoms with van der Waals surface area (Å²) in [6.07, 6.45) is 1.06. The number of fused-ring (bicyclic) bond motifs is 2. The van der Waals surface area contributed by atoms with Crippen molar-refractivity contribution in [1.29, 1.82) is 0 Å². The van der Waals surface area contributed by atoms with Crippen molar-refractivity contribution in [3.8, 4) is 0 Å². The minimum absolute atomic E-state index is 0.183. The summed E-state index contributed by atoms with van der Waals surface area (Å²) in [5.74, 6) is -3.15. The molecule has 0 aromatic heterocycles. The smallest absolute Gasteiger partial charge is 0.333 e. The van der Waals surface area contributed by atoms with Crippen molar-refractivity contribution < 1.29 is 46.6 Å². The largest absolute Gasteiger partial charge is 0.463 e. The Labute approximate surface area is 224 Å². The minimum atomic E-state index is -3.78. The zero-order valence-electron chi connectivity index (χ0n) is 21.9. The van der Waals surface area contributed by atoms with Crippen LogP contribution in [0.15, 0.2) is 11.8 Å². The number of hydrogen-bond acceptors (Lipinski definition) is 12. The Morgan fingerprint density at radius 1 is 1.05 bits per heavy atom. The molecule has 15 heteroatoms. The fourth-order valence-electron chi connectivity index (χ4n) is 5.29. The third kappa shape index (κ3) is 4.23. The molecule has 4 heterocycles. The molecule has 4 saturated heterocycles. The van der Waals surface area contributed by atoms with Gasteiger partial charge in [0.25, 0.3) is 0 Å². The number of esters is 3. The van der Waals surface area contributed by atoms with Crippen molar-refractivity contribution >= 4 is 51.3 Å². The number of carbonyl (C=O) groups is 5. The fourth-order valence-corrected chi connectivity index (χ4v) is 9.03. The molecule has 0 unspecified atom stereocenters. The van der Waals surface area contributed by atoms with Gasteiger partial charge in [-0.15, -0.1) is 11.8 Å². The van der Waals surface area contributed by atoms with E-state index in [0.29, 0.717) is 5.70 Å². The van der Waals surface area contributed by atoms with Crippen LogP contribution in [0.2, 0.25) is 0 Å². The molecule has 4 aliphatic rings. The number of carbonyl (C=O) groups excluding carboxylic acids is 5. The van der Waals surface area contributed by atoms with Gasteiger partial charge in [-0.1, -0.05) is 0 Å². The molecule has 0 saturated carbocycles. The maximum atomic E-state index is 13.0. The highest BCUT2D eigenvalue weighted by atomic mass is 32.2. The first-order chi connectivity index (χ1) is 17.6. The summed E-state index contributed by atoms with van der Waals surface area (Å²) in [6.45, 7) is 9.00. The summed E-state index contributed by atoms with van der Waals surface area (Å²) in [6, 6.07) is -2.98. The second-order valence-corrected chi connectivity index (χ2v) is 15.0. The average molecular weight is 574 g/mol. The summed E-state index contributed by atoms with van der Waals surface area (Å²) >= 11 is 1.38. The molecule has 4 rings (SSSR count). The Morgan fingerprint density at radius 3 is 2.24 bits per heavy atom. The molecular weight excluding hydrogens is 542 g/mol. The summed E-state index contributed by atoms with van der Waals surface area (Å²) in [5.41, 5.74) is 0.442. The van der Waals surface area contributed by atoms with E-state index in [-0.39, 0.29) is 18.9 Å². The van der Waals surface area contributed by atoms with Crippen molar-refractivity contribution in [2.75, 3.05) is 13.4 Å². The molecule has 0 aliphatic carbocycles. The fraction of sp³-hybridized carbons (Fsp3) is 0.696. The highest BCUT2D eigenvalue weighted by Gasteiger charge is 2.68. The van der Waals surface area contributed by atoms with Gasteiger partial charge in [0, 0.05) is 16.5 Å². The molecule has 0 spiro atoms. The van der Waals surface area contributed by atoms with Gasteiger partial charge in [-0.2, -0.15) is 0 Å². The molecule has 4 fully saturated rings. The molecule has 4 aliphatic heterocycles. The lowest BCUT2D eigenvalue weighted by atomic mass is 9.96. The Kier molecular flexibility index (Phi) is 7.00. The van der Waals surface area contributed by atoms with E-state index >= 15 is 0 Å². The number of nitrogens with zero attached hydrogens (tertiary/aromatic N) is 2. The van der Waals surface area contributed by atoms with Crippen LogP contribution in [0.3, 0.4) is 0 Å². The van der Waals surface area contributed by atoms with Gasteiger partial charge in [-0.25, -0.2) is 22.8 Å². The van der Waals surface area contributed by atoms with Gasteiger partial charge in [-0.3, -0.25) is 9.59 Å². The van der Waals surface area contributed by atoms with E-state index in [0.717, 1.165) is 4.90 Å². The van der Waals surface area contributed by atoms with E-state index in [9.17, 15) is 32.4 Å². The lowest BCUT2D eigenvalue weighted by molar-refractivity contribution is -0.181. The first-order valence-electron chi connectivity index (χ1n) is 12.1. The van der Waals surface area contributed by atoms with Crippen LogP contribution in [0.4, 0.5) is 0 Å². The van der Waals surface area contributed by atoms with Gasteiger partial charge in [0.1, 0.15) is 28.9 Å². The number of rotatable bonds is 8. The molecule has 0 aromatic rings. The number of amides is 2. The third-order valence-electron chi connectivity index (χ3n) is 7.27. The van der Waals surface area contributed by atoms with Crippen LogP contribution >= 0.6 is 11.8 Å². The SMILES string of the molecule is CCOC(=O)C=C(C)N[C@@H]1C(=O)N2[C@@H]1SC(C)(C)[C@@H]2C(=O)OCOC(=O)[C@@H]1N2C(=O)C[C@H]2S(=O)(=O)C1(C)C. The number of nitrogens with one attached hydrogen (secondary N) is 1. The predicted octanol–water partition coefficient (Wildman–Crippen LogP) is -0.348. The monoisotopic (exact) mass is 573 g/mol. The molecule has 13 nitrogen and oxygen atoms in total. The summed E-state index contributed by atoms with van der Waals surface area (Å²) in [5, 5.41) is 1.53. The van der Waals surface area contributed by atoms with Gasteiger partial charge < -0.3 is 29.3 Å². The molecule has 210 valence electrons. The van der Waals surface area contributed by atoms with Crippen molar-refractivity contribution in [2.24, 2.45) is 0 Å². The lowest BCUT2D eigenvalue weighted by Gasteiger charge is -2.44. The number of ether oxygens (including phenoxy) is 3. The van der Waals surface area contributed by atoms with E-state index in [4.69, 9.17) is 14.2 Å². The zero-order chi connectivity index (χ0) is 28.4. The third-order valence-corrected chi connectivity index (χ3v) is 11.6. The molecule has 0 aromatic carbocycles. The average Bonchev–Trinajstić information content (AvgIpc) is 3.12. The molecule has 5 atom stereocenters. The number of thioether (sulfide) groups is 1. The number of sulfone groups is 1. The quantitative estimate of drug-likeness (QED) is 0.174. The van der Waals surface area contributed by atoms with E-state index < -0.39 is 78.8 Å². The Hall–Kier alpha value is -2.81. The number of hydrogen-bond donors (Lipinski definition) is 1. The van der Waals surface area contributed by atoms with Crippen LogP contribution in [0.25, 0.3) is 0 Å². The predicted molar refractivity (Wildman–Crippen MR) is 132 cm³/mol. The molecule has 0 bridgehead atoms. The lowest BCUT2D eigenvalue weighted by Crippen LogP contribution is -2.69. The van der Waals surface area contributed by atoms with Gasteiger partial charge >= 0.3 is 17.9 Å². The molecule has 0 radical (unpaired) electrons. The summed E-state index contributed by atoms with van der Waals surface area (Å²) < 4.78 is 38.2. The van der Waals surface area contributed by atoms with E-state index in [1.54, 1.807) is 27.7 Å². The second kappa shape index (κ2) is 9.43. The van der Waals surface area contributed by atoms with Crippen LogP contribution in [-0.2, 0) is 48.0 Å². The Balaban J connectivity index is 1.36. The van der Waals surface area contributed by atoms with Gasteiger partial charge in [0.2, 0.25) is 18.6 Å². The second-order valence-electron chi connectivity index (χ2n) is 10.5. The summed E-state index contributed by atoms with van der Waals surface area (Å²) in [4.78, 5) is 64.7. The molecule has 38 heavy (non-hydrogen) atoms. The van der Waals surface area contributed by atoms with E-state index in [1.165, 1.54) is 36.6 Å². The van der Waals surface area contributed by atoms with Crippen LogP contribution in [0.5, 0.6) is 0 Å². The number of allylic oxidation sites excluding steroid dienone is 1. The van der Waals surface area contributed by atoms with E-state index in [1.807, 2.05) is 0 Å². The van der Waals surface area contributed by atoms with Crippen molar-refractivity contribution in [3.63, 3.8) is 0 Å². The highest BCUT2D eigenvalue weighted by Crippen LogP contribution is 2.51. The normalized spacial score (nSPS) is 31.9. The van der Waals surface area contributed by atoms with Crippen LogP contribution in [0.1, 0.15) is 48.0 Å². The van der Waals surface area contributed by atoms with Crippen LogP contribution in [0, 0.1) is 0 Å². The minimum Gasteiger partial charge on any atom is -0.463 e. The number of β-lactam (4-membered cyclic amide) rings is 2. The first-order valence-corrected chi connectivity index (χ1v) is 14.5. The Bertz CT molecular complexity index is 1230. The van der Waals surface area contributed by atoms with E-state index in [2.05, 4.69) is 5.32 Å². The first kappa shape index (κ1) is 28.2. The van der Waals surface area contributed by atoms with Gasteiger partial charge in [0.05, 0.1) is 17.8 Å². The Morgan fingerprint density at radius 2 is 1.66 bits per heavy atom.